The molecule has 2 aromatic carbocycles. The molecule has 0 aliphatic heterocycles. The average Bonchev–Trinajstić information content (AvgIpc) is 3.07. The Hall–Kier alpha value is -4.08. The first-order chi connectivity index (χ1) is 23.1. The smallest absolute Gasteiger partial charge is 0.273 e. The number of phenolic OH excluding ortho intramolecular Hbond substituents is 2. The number of nitrogens with one attached hydrogen (secondary N) is 4. The Balaban J connectivity index is 1.90. The number of hydrazine groups is 2. The quantitative estimate of drug-likeness (QED) is 0.0612. The summed E-state index contributed by atoms with van der Waals surface area (Å²) in [7, 11) is 0. The van der Waals surface area contributed by atoms with Gasteiger partial charge in [-0.15, -0.1) is 0 Å². The Morgan fingerprint density at radius 2 is 0.917 bits per heavy atom. The second kappa shape index (κ2) is 22.5. The van der Waals surface area contributed by atoms with Gasteiger partial charge in [0.2, 0.25) is 11.8 Å². The van der Waals surface area contributed by atoms with Gasteiger partial charge in [-0.05, 0) is 86.8 Å². The van der Waals surface area contributed by atoms with E-state index in [4.69, 9.17) is 0 Å². The zero-order valence-electron chi connectivity index (χ0n) is 29.5. The van der Waals surface area contributed by atoms with Crippen molar-refractivity contribution in [3.8, 4) is 11.5 Å². The van der Waals surface area contributed by atoms with E-state index in [-0.39, 0.29) is 34.4 Å². The third kappa shape index (κ3) is 14.0. The third-order valence-corrected chi connectivity index (χ3v) is 8.73. The molecule has 0 aliphatic rings. The van der Waals surface area contributed by atoms with Crippen LogP contribution < -0.4 is 21.7 Å². The van der Waals surface area contributed by atoms with Crippen molar-refractivity contribution >= 4 is 23.6 Å². The van der Waals surface area contributed by atoms with E-state index in [1.165, 1.54) is 0 Å². The lowest BCUT2D eigenvalue weighted by molar-refractivity contribution is -0.128. The van der Waals surface area contributed by atoms with Crippen LogP contribution in [0.5, 0.6) is 11.5 Å². The molecule has 0 aliphatic carbocycles. The fraction of sp³-hybridized carbons (Fsp3) is 0.579. The van der Waals surface area contributed by atoms with Crippen LogP contribution in [0.3, 0.4) is 0 Å². The Labute approximate surface area is 286 Å². The molecule has 0 spiro atoms. The molecule has 0 fully saturated rings. The first-order valence-electron chi connectivity index (χ1n) is 18.0. The van der Waals surface area contributed by atoms with Gasteiger partial charge in [0.05, 0.1) is 11.1 Å². The number of aromatic hydroxyl groups is 2. The molecule has 4 amide bonds. The molecule has 0 bridgehead atoms. The van der Waals surface area contributed by atoms with E-state index in [9.17, 15) is 29.4 Å². The van der Waals surface area contributed by atoms with Gasteiger partial charge < -0.3 is 10.2 Å². The van der Waals surface area contributed by atoms with Gasteiger partial charge >= 0.3 is 0 Å². The van der Waals surface area contributed by atoms with E-state index < -0.39 is 23.7 Å². The number of amides is 4. The molecule has 6 N–H and O–H groups in total. The van der Waals surface area contributed by atoms with Gasteiger partial charge in [-0.1, -0.05) is 91.2 Å². The highest BCUT2D eigenvalue weighted by Gasteiger charge is 2.25. The fourth-order valence-electron chi connectivity index (χ4n) is 5.85. The van der Waals surface area contributed by atoms with Crippen molar-refractivity contribution in [1.82, 2.24) is 21.7 Å². The Kier molecular flexibility index (Phi) is 18.8. The van der Waals surface area contributed by atoms with Crippen LogP contribution in [-0.2, 0) is 22.4 Å². The lowest BCUT2D eigenvalue weighted by Gasteiger charge is -2.21. The first-order valence-corrected chi connectivity index (χ1v) is 18.0. The largest absolute Gasteiger partial charge is 0.507 e. The van der Waals surface area contributed by atoms with Crippen LogP contribution in [0.15, 0.2) is 36.4 Å². The molecule has 0 saturated carbocycles. The van der Waals surface area contributed by atoms with Crippen molar-refractivity contribution in [2.75, 3.05) is 0 Å². The van der Waals surface area contributed by atoms with E-state index in [0.29, 0.717) is 25.7 Å². The number of hydrogen-bond acceptors (Lipinski definition) is 6. The van der Waals surface area contributed by atoms with E-state index >= 15 is 0 Å². The fourth-order valence-corrected chi connectivity index (χ4v) is 5.85. The molecule has 0 aromatic heterocycles. The summed E-state index contributed by atoms with van der Waals surface area (Å²) in [5, 5.41) is 20.9. The molecule has 10 nitrogen and oxygen atoms in total. The molecule has 2 rings (SSSR count). The molecular formula is C38H58N4O6. The number of hydrogen-bond donors (Lipinski definition) is 6. The highest BCUT2D eigenvalue weighted by atomic mass is 16.3. The van der Waals surface area contributed by atoms with Crippen molar-refractivity contribution in [2.24, 2.45) is 11.8 Å². The Morgan fingerprint density at radius 1 is 0.521 bits per heavy atom. The summed E-state index contributed by atoms with van der Waals surface area (Å²) in [5.41, 5.74) is 11.9. The first kappa shape index (κ1) is 40.1. The second-order valence-corrected chi connectivity index (χ2v) is 12.8. The molecule has 0 radical (unpaired) electrons. The van der Waals surface area contributed by atoms with Crippen LogP contribution in [0.1, 0.15) is 149 Å². The summed E-state index contributed by atoms with van der Waals surface area (Å²) in [6.45, 7) is 8.22. The number of phenols is 2. The normalized spacial score (nSPS) is 12.2. The topological polar surface area (TPSA) is 157 Å². The van der Waals surface area contributed by atoms with Gasteiger partial charge in [0.15, 0.2) is 0 Å². The standard InChI is InChI=1S/C38H58N4O6/c1-5-9-11-13-17-27-19-23-31(33(43)25-27)37(47)41-39-35(45)29(15-7-3)21-22-30(16-8-4)36(46)40-42-38(48)32-24-20-28(26-34(32)44)18-14-12-10-6-2/h19-20,23-26,29-30,43-44H,5-18,21-22H2,1-4H3,(H,39,45)(H,40,46)(H,41,47)(H,42,48). The van der Waals surface area contributed by atoms with Gasteiger partial charge in [0, 0.05) is 11.8 Å². The monoisotopic (exact) mass is 666 g/mol. The summed E-state index contributed by atoms with van der Waals surface area (Å²) in [5.74, 6) is -3.13. The maximum atomic E-state index is 13.1. The van der Waals surface area contributed by atoms with Gasteiger partial charge in [-0.2, -0.15) is 0 Å². The van der Waals surface area contributed by atoms with Gasteiger partial charge in [-0.3, -0.25) is 40.9 Å². The SMILES string of the molecule is CCCCCCc1ccc(C(=O)NNC(=O)C(CCC)CCC(CCC)C(=O)NNC(=O)c2ccc(CCCCCC)cc2O)c(O)c1. The van der Waals surface area contributed by atoms with Crippen molar-refractivity contribution in [3.05, 3.63) is 58.7 Å². The summed E-state index contributed by atoms with van der Waals surface area (Å²) < 4.78 is 0. The molecule has 0 saturated heterocycles. The summed E-state index contributed by atoms with van der Waals surface area (Å²) >= 11 is 0. The summed E-state index contributed by atoms with van der Waals surface area (Å²) in [6.07, 6.45) is 13.9. The van der Waals surface area contributed by atoms with Crippen LogP contribution in [0, 0.1) is 11.8 Å². The van der Waals surface area contributed by atoms with E-state index in [1.807, 2.05) is 26.0 Å². The maximum Gasteiger partial charge on any atom is 0.273 e. The summed E-state index contributed by atoms with van der Waals surface area (Å²) in [6, 6.07) is 9.95. The Bertz CT molecular complexity index is 1210. The van der Waals surface area contributed by atoms with E-state index in [0.717, 1.165) is 88.2 Å². The second-order valence-electron chi connectivity index (χ2n) is 12.8. The number of unbranched alkanes of at least 4 members (excludes halogenated alkanes) is 6. The number of benzene rings is 2. The molecule has 0 heterocycles. The van der Waals surface area contributed by atoms with Gasteiger partial charge in [0.25, 0.3) is 11.8 Å². The molecule has 2 atom stereocenters. The van der Waals surface area contributed by atoms with Gasteiger partial charge in [-0.25, -0.2) is 0 Å². The van der Waals surface area contributed by atoms with Crippen LogP contribution in [-0.4, -0.2) is 33.8 Å². The average molecular weight is 667 g/mol. The third-order valence-electron chi connectivity index (χ3n) is 8.73. The predicted octanol–water partition coefficient (Wildman–Crippen LogP) is 7.18. The zero-order valence-corrected chi connectivity index (χ0v) is 29.5. The van der Waals surface area contributed by atoms with Crippen LogP contribution >= 0.6 is 0 Å². The number of aryl methyl sites for hydroxylation is 2. The maximum absolute atomic E-state index is 13.1. The van der Waals surface area contributed by atoms with Crippen molar-refractivity contribution in [1.29, 1.82) is 0 Å². The summed E-state index contributed by atoms with van der Waals surface area (Å²) in [4.78, 5) is 51.6. The number of carbonyl (C=O) groups excluding carboxylic acids is 4. The minimum Gasteiger partial charge on any atom is -0.507 e. The van der Waals surface area contributed by atoms with E-state index in [2.05, 4.69) is 35.6 Å². The lowest BCUT2D eigenvalue weighted by Crippen LogP contribution is -2.46. The van der Waals surface area contributed by atoms with Crippen molar-refractivity contribution < 1.29 is 29.4 Å². The van der Waals surface area contributed by atoms with Crippen LogP contribution in [0.2, 0.25) is 0 Å². The van der Waals surface area contributed by atoms with Crippen LogP contribution in [0.25, 0.3) is 0 Å². The van der Waals surface area contributed by atoms with Crippen molar-refractivity contribution in [2.45, 2.75) is 130 Å². The number of carbonyl (C=O) groups is 4. The minimum atomic E-state index is -0.611. The number of rotatable bonds is 21. The molecule has 2 aromatic rings. The molecule has 2 unspecified atom stereocenters. The molecule has 10 heteroatoms. The minimum absolute atomic E-state index is 0.0769. The molecular weight excluding hydrogens is 608 g/mol. The van der Waals surface area contributed by atoms with Crippen LogP contribution in [0.4, 0.5) is 0 Å². The lowest BCUT2D eigenvalue weighted by atomic mass is 9.89. The molecule has 48 heavy (non-hydrogen) atoms. The predicted molar refractivity (Wildman–Crippen MR) is 189 cm³/mol. The van der Waals surface area contributed by atoms with E-state index in [1.54, 1.807) is 24.3 Å². The molecule has 266 valence electrons. The van der Waals surface area contributed by atoms with Gasteiger partial charge in [0.1, 0.15) is 11.5 Å². The van der Waals surface area contributed by atoms with Crippen molar-refractivity contribution in [3.63, 3.8) is 0 Å². The highest BCUT2D eigenvalue weighted by Crippen LogP contribution is 2.23. The Morgan fingerprint density at radius 3 is 1.25 bits per heavy atom. The zero-order chi connectivity index (χ0) is 35.3. The highest BCUT2D eigenvalue weighted by molar-refractivity contribution is 5.98.